The van der Waals surface area contributed by atoms with E-state index < -0.39 is 0 Å². The van der Waals surface area contributed by atoms with Crippen molar-refractivity contribution in [3.8, 4) is 0 Å². The number of morpholine rings is 1. The van der Waals surface area contributed by atoms with E-state index in [4.69, 9.17) is 14.1 Å². The SMILES string of the molecule is c1ccc(N2CCCC(NC(=NCCCN3CCOCC3)NCCc3ccco3)C2)cc1. The van der Waals surface area contributed by atoms with Crippen LogP contribution in [-0.4, -0.2) is 75.9 Å². The Bertz CT molecular complexity index is 790. The summed E-state index contributed by atoms with van der Waals surface area (Å²) in [6.07, 6.45) is 5.99. The van der Waals surface area contributed by atoms with Crippen molar-refractivity contribution in [1.29, 1.82) is 0 Å². The smallest absolute Gasteiger partial charge is 0.191 e. The molecule has 1 aromatic heterocycles. The number of rotatable bonds is 9. The molecule has 174 valence electrons. The van der Waals surface area contributed by atoms with Crippen LogP contribution in [0.15, 0.2) is 58.1 Å². The number of aliphatic imine (C=N–C) groups is 1. The zero-order chi connectivity index (χ0) is 21.8. The number of piperidine rings is 1. The molecule has 2 aliphatic rings. The van der Waals surface area contributed by atoms with Crippen LogP contribution in [0.2, 0.25) is 0 Å². The van der Waals surface area contributed by atoms with Gasteiger partial charge in [-0.05, 0) is 43.5 Å². The van der Waals surface area contributed by atoms with Crippen molar-refractivity contribution in [2.75, 3.05) is 63.9 Å². The maximum Gasteiger partial charge on any atom is 0.191 e. The van der Waals surface area contributed by atoms with E-state index in [1.54, 1.807) is 6.26 Å². The predicted molar refractivity (Wildman–Crippen MR) is 129 cm³/mol. The molecule has 2 N–H and O–H groups in total. The fourth-order valence-electron chi connectivity index (χ4n) is 4.38. The van der Waals surface area contributed by atoms with Gasteiger partial charge in [0, 0.05) is 64.0 Å². The van der Waals surface area contributed by atoms with Crippen molar-refractivity contribution in [2.45, 2.75) is 31.7 Å². The standard InChI is InChI=1S/C25H37N5O2/c1-2-8-23(9-3-1)30-15-4-7-22(21-30)28-25(27-13-11-24-10-5-18-32-24)26-12-6-14-29-16-19-31-20-17-29/h1-3,5,8-10,18,22H,4,6-7,11-17,19-21H2,(H2,26,27,28). The van der Waals surface area contributed by atoms with Crippen LogP contribution in [0.4, 0.5) is 5.69 Å². The molecule has 1 aromatic carbocycles. The van der Waals surface area contributed by atoms with E-state index in [0.29, 0.717) is 6.04 Å². The first-order valence-electron chi connectivity index (χ1n) is 12.0. The molecule has 1 atom stereocenters. The van der Waals surface area contributed by atoms with Crippen molar-refractivity contribution in [1.82, 2.24) is 15.5 Å². The number of hydrogen-bond acceptors (Lipinski definition) is 5. The molecule has 4 rings (SSSR count). The molecular formula is C25H37N5O2. The third-order valence-corrected chi connectivity index (χ3v) is 6.13. The Morgan fingerprint density at radius 1 is 1.06 bits per heavy atom. The van der Waals surface area contributed by atoms with Crippen LogP contribution in [0.5, 0.6) is 0 Å². The predicted octanol–water partition coefficient (Wildman–Crippen LogP) is 2.75. The van der Waals surface area contributed by atoms with Gasteiger partial charge in [0.25, 0.3) is 0 Å². The Morgan fingerprint density at radius 2 is 1.94 bits per heavy atom. The van der Waals surface area contributed by atoms with E-state index >= 15 is 0 Å². The number of para-hydroxylation sites is 1. The number of anilines is 1. The molecule has 0 bridgehead atoms. The molecule has 2 aromatic rings. The third-order valence-electron chi connectivity index (χ3n) is 6.13. The molecule has 7 nitrogen and oxygen atoms in total. The minimum atomic E-state index is 0.387. The van der Waals surface area contributed by atoms with Crippen molar-refractivity contribution in [2.24, 2.45) is 4.99 Å². The first-order chi connectivity index (χ1) is 15.9. The number of benzene rings is 1. The molecule has 1 unspecified atom stereocenters. The summed E-state index contributed by atoms with van der Waals surface area (Å²) in [7, 11) is 0. The second kappa shape index (κ2) is 12.5. The van der Waals surface area contributed by atoms with E-state index in [1.807, 2.05) is 12.1 Å². The van der Waals surface area contributed by atoms with Gasteiger partial charge in [0.05, 0.1) is 19.5 Å². The third kappa shape index (κ3) is 7.28. The molecule has 0 amide bonds. The van der Waals surface area contributed by atoms with E-state index in [2.05, 4.69) is 50.8 Å². The van der Waals surface area contributed by atoms with Gasteiger partial charge in [0.1, 0.15) is 5.76 Å². The van der Waals surface area contributed by atoms with Gasteiger partial charge in [-0.2, -0.15) is 0 Å². The first-order valence-corrected chi connectivity index (χ1v) is 12.0. The normalized spacial score (nSPS) is 20.3. The molecule has 2 fully saturated rings. The Kier molecular flexibility index (Phi) is 8.86. The Morgan fingerprint density at radius 3 is 2.75 bits per heavy atom. The molecule has 0 saturated carbocycles. The molecule has 3 heterocycles. The summed E-state index contributed by atoms with van der Waals surface area (Å²) in [6, 6.07) is 15.1. The minimum Gasteiger partial charge on any atom is -0.469 e. The highest BCUT2D eigenvalue weighted by atomic mass is 16.5. The minimum absolute atomic E-state index is 0.387. The lowest BCUT2D eigenvalue weighted by molar-refractivity contribution is 0.0377. The van der Waals surface area contributed by atoms with Crippen molar-refractivity contribution in [3.05, 3.63) is 54.5 Å². The number of nitrogens with zero attached hydrogens (tertiary/aromatic N) is 3. The zero-order valence-electron chi connectivity index (χ0n) is 19.0. The summed E-state index contributed by atoms with van der Waals surface area (Å²) in [5, 5.41) is 7.23. The van der Waals surface area contributed by atoms with Crippen LogP contribution in [0, 0.1) is 0 Å². The first kappa shape index (κ1) is 22.7. The van der Waals surface area contributed by atoms with Gasteiger partial charge in [-0.3, -0.25) is 9.89 Å². The van der Waals surface area contributed by atoms with Crippen molar-refractivity contribution >= 4 is 11.6 Å². The molecule has 32 heavy (non-hydrogen) atoms. The van der Waals surface area contributed by atoms with Gasteiger partial charge < -0.3 is 24.7 Å². The Hall–Kier alpha value is -2.51. The summed E-state index contributed by atoms with van der Waals surface area (Å²) in [4.78, 5) is 9.85. The van der Waals surface area contributed by atoms with Crippen LogP contribution in [0.25, 0.3) is 0 Å². The second-order valence-electron chi connectivity index (χ2n) is 8.56. The topological polar surface area (TPSA) is 65.3 Å². The number of guanidine groups is 1. The summed E-state index contributed by atoms with van der Waals surface area (Å²) in [5.74, 6) is 1.91. The lowest BCUT2D eigenvalue weighted by Gasteiger charge is -2.35. The number of nitrogens with one attached hydrogen (secondary N) is 2. The fraction of sp³-hybridized carbons (Fsp3) is 0.560. The maximum absolute atomic E-state index is 5.47. The van der Waals surface area contributed by atoms with Gasteiger partial charge in [-0.25, -0.2) is 0 Å². The second-order valence-corrected chi connectivity index (χ2v) is 8.56. The Labute approximate surface area is 191 Å². The largest absolute Gasteiger partial charge is 0.469 e. The van der Waals surface area contributed by atoms with E-state index in [1.165, 1.54) is 12.1 Å². The van der Waals surface area contributed by atoms with Crippen LogP contribution < -0.4 is 15.5 Å². The van der Waals surface area contributed by atoms with E-state index in [0.717, 1.165) is 90.0 Å². The van der Waals surface area contributed by atoms with Crippen LogP contribution in [0.3, 0.4) is 0 Å². The lowest BCUT2D eigenvalue weighted by Crippen LogP contribution is -2.51. The molecule has 0 radical (unpaired) electrons. The Balaban J connectivity index is 1.29. The molecular weight excluding hydrogens is 402 g/mol. The average molecular weight is 440 g/mol. The van der Waals surface area contributed by atoms with Crippen LogP contribution in [-0.2, 0) is 11.2 Å². The van der Waals surface area contributed by atoms with Gasteiger partial charge in [-0.15, -0.1) is 0 Å². The highest BCUT2D eigenvalue weighted by Crippen LogP contribution is 2.19. The highest BCUT2D eigenvalue weighted by Gasteiger charge is 2.21. The van der Waals surface area contributed by atoms with Gasteiger partial charge >= 0.3 is 0 Å². The van der Waals surface area contributed by atoms with Crippen molar-refractivity contribution < 1.29 is 9.15 Å². The van der Waals surface area contributed by atoms with Gasteiger partial charge in [-0.1, -0.05) is 18.2 Å². The molecule has 0 aliphatic carbocycles. The summed E-state index contributed by atoms with van der Waals surface area (Å²) in [6.45, 7) is 8.59. The fourth-order valence-corrected chi connectivity index (χ4v) is 4.38. The zero-order valence-corrected chi connectivity index (χ0v) is 19.0. The van der Waals surface area contributed by atoms with Crippen LogP contribution in [0.1, 0.15) is 25.0 Å². The maximum atomic E-state index is 5.47. The number of ether oxygens (including phenoxy) is 1. The van der Waals surface area contributed by atoms with Crippen molar-refractivity contribution in [3.63, 3.8) is 0 Å². The van der Waals surface area contributed by atoms with Crippen LogP contribution >= 0.6 is 0 Å². The summed E-state index contributed by atoms with van der Waals surface area (Å²) < 4.78 is 10.9. The summed E-state index contributed by atoms with van der Waals surface area (Å²) >= 11 is 0. The molecule has 7 heteroatoms. The number of furan rings is 1. The molecule has 0 spiro atoms. The van der Waals surface area contributed by atoms with Gasteiger partial charge in [0.15, 0.2) is 5.96 Å². The molecule has 2 saturated heterocycles. The van der Waals surface area contributed by atoms with Gasteiger partial charge in [0.2, 0.25) is 0 Å². The molecule has 2 aliphatic heterocycles. The lowest BCUT2D eigenvalue weighted by atomic mass is 10.1. The summed E-state index contributed by atoms with van der Waals surface area (Å²) in [5.41, 5.74) is 1.30. The van der Waals surface area contributed by atoms with E-state index in [-0.39, 0.29) is 0 Å². The quantitative estimate of drug-likeness (QED) is 0.356. The van der Waals surface area contributed by atoms with E-state index in [9.17, 15) is 0 Å². The highest BCUT2D eigenvalue weighted by molar-refractivity contribution is 5.80. The monoisotopic (exact) mass is 439 g/mol. The average Bonchev–Trinajstić information content (AvgIpc) is 3.37. The number of hydrogen-bond donors (Lipinski definition) is 2.